The SMILES string of the molecule is Cc1cccc(F)c1NC(=O)N[C@@H](CC(N)=O)C(=O)O. The normalized spacial score (nSPS) is 11.5. The molecule has 0 aliphatic heterocycles. The molecule has 108 valence electrons. The number of aliphatic carboxylic acids is 1. The number of primary amides is 1. The second-order valence-corrected chi connectivity index (χ2v) is 4.09. The highest BCUT2D eigenvalue weighted by atomic mass is 19.1. The quantitative estimate of drug-likeness (QED) is 0.631. The molecule has 0 fully saturated rings. The molecule has 0 saturated heterocycles. The Morgan fingerprint density at radius 2 is 2.05 bits per heavy atom. The van der Waals surface area contributed by atoms with Crippen molar-refractivity contribution in [3.8, 4) is 0 Å². The zero-order valence-corrected chi connectivity index (χ0v) is 10.6. The third-order valence-corrected chi connectivity index (χ3v) is 2.47. The summed E-state index contributed by atoms with van der Waals surface area (Å²) in [5.74, 6) is -2.94. The first-order chi connectivity index (χ1) is 9.31. The van der Waals surface area contributed by atoms with Gasteiger partial charge in [0.05, 0.1) is 12.1 Å². The van der Waals surface area contributed by atoms with Gasteiger partial charge in [-0.2, -0.15) is 0 Å². The Bertz CT molecular complexity index is 527. The van der Waals surface area contributed by atoms with Crippen LogP contribution in [0.1, 0.15) is 12.0 Å². The van der Waals surface area contributed by atoms with Crippen LogP contribution in [0.3, 0.4) is 0 Å². The van der Waals surface area contributed by atoms with Crippen LogP contribution in [0.15, 0.2) is 18.2 Å². The van der Waals surface area contributed by atoms with Gasteiger partial charge in [0.2, 0.25) is 5.91 Å². The lowest BCUT2D eigenvalue weighted by molar-refractivity contribution is -0.140. The topological polar surface area (TPSA) is 122 Å². The average molecular weight is 283 g/mol. The lowest BCUT2D eigenvalue weighted by Crippen LogP contribution is -2.45. The number of carbonyl (C=O) groups excluding carboxylic acids is 2. The molecule has 1 aromatic rings. The largest absolute Gasteiger partial charge is 0.480 e. The van der Waals surface area contributed by atoms with Crippen molar-refractivity contribution >= 4 is 23.6 Å². The van der Waals surface area contributed by atoms with Crippen LogP contribution < -0.4 is 16.4 Å². The molecule has 8 heteroatoms. The van der Waals surface area contributed by atoms with Crippen molar-refractivity contribution in [2.75, 3.05) is 5.32 Å². The molecule has 0 unspecified atom stereocenters. The van der Waals surface area contributed by atoms with Crippen LogP contribution in [0.5, 0.6) is 0 Å². The molecule has 20 heavy (non-hydrogen) atoms. The maximum absolute atomic E-state index is 13.5. The summed E-state index contributed by atoms with van der Waals surface area (Å²) in [4.78, 5) is 33.1. The van der Waals surface area contributed by atoms with E-state index in [1.807, 2.05) is 5.32 Å². The van der Waals surface area contributed by atoms with Gasteiger partial charge in [0.25, 0.3) is 0 Å². The number of carboxylic acids is 1. The summed E-state index contributed by atoms with van der Waals surface area (Å²) in [6, 6.07) is 1.80. The Hall–Kier alpha value is -2.64. The van der Waals surface area contributed by atoms with Crippen LogP contribution >= 0.6 is 0 Å². The van der Waals surface area contributed by atoms with Gasteiger partial charge in [-0.3, -0.25) is 4.79 Å². The number of hydrogen-bond donors (Lipinski definition) is 4. The van der Waals surface area contributed by atoms with Crippen LogP contribution in [0.2, 0.25) is 0 Å². The number of carboxylic acid groups (broad SMARTS) is 1. The lowest BCUT2D eigenvalue weighted by atomic mass is 10.2. The van der Waals surface area contributed by atoms with E-state index in [-0.39, 0.29) is 5.69 Å². The van der Waals surface area contributed by atoms with Crippen molar-refractivity contribution in [2.45, 2.75) is 19.4 Å². The zero-order chi connectivity index (χ0) is 15.3. The minimum absolute atomic E-state index is 0.0618. The van der Waals surface area contributed by atoms with Crippen LogP contribution in [-0.4, -0.2) is 29.1 Å². The van der Waals surface area contributed by atoms with Crippen LogP contribution in [-0.2, 0) is 9.59 Å². The summed E-state index contributed by atoms with van der Waals surface area (Å²) in [6.45, 7) is 1.58. The maximum atomic E-state index is 13.5. The zero-order valence-electron chi connectivity index (χ0n) is 10.6. The summed E-state index contributed by atoms with van der Waals surface area (Å²) >= 11 is 0. The first-order valence-corrected chi connectivity index (χ1v) is 5.65. The monoisotopic (exact) mass is 283 g/mol. The van der Waals surface area contributed by atoms with Gasteiger partial charge in [-0.05, 0) is 18.6 Å². The number of urea groups is 1. The smallest absolute Gasteiger partial charge is 0.326 e. The predicted molar refractivity (Wildman–Crippen MR) is 68.5 cm³/mol. The van der Waals surface area contributed by atoms with Gasteiger partial charge in [-0.1, -0.05) is 12.1 Å². The van der Waals surface area contributed by atoms with Gasteiger partial charge < -0.3 is 21.5 Å². The fourth-order valence-electron chi connectivity index (χ4n) is 1.50. The van der Waals surface area contributed by atoms with Crippen molar-refractivity contribution in [1.29, 1.82) is 0 Å². The Morgan fingerprint density at radius 1 is 1.40 bits per heavy atom. The highest BCUT2D eigenvalue weighted by Gasteiger charge is 2.22. The number of rotatable bonds is 5. The fourth-order valence-corrected chi connectivity index (χ4v) is 1.50. The van der Waals surface area contributed by atoms with E-state index < -0.39 is 36.2 Å². The standard InChI is InChI=1S/C12H14FN3O4/c1-6-3-2-4-7(13)10(6)16-12(20)15-8(11(18)19)5-9(14)17/h2-4,8H,5H2,1H3,(H2,14,17)(H,18,19)(H2,15,16,20)/t8-/m0/s1. The molecule has 5 N–H and O–H groups in total. The van der Waals surface area contributed by atoms with Crippen molar-refractivity contribution < 1.29 is 23.9 Å². The first kappa shape index (κ1) is 15.4. The van der Waals surface area contributed by atoms with E-state index in [9.17, 15) is 18.8 Å². The summed E-state index contributed by atoms with van der Waals surface area (Å²) < 4.78 is 13.5. The van der Waals surface area contributed by atoms with Gasteiger partial charge in [-0.25, -0.2) is 14.0 Å². The fraction of sp³-hybridized carbons (Fsp3) is 0.250. The van der Waals surface area contributed by atoms with E-state index in [2.05, 4.69) is 5.32 Å². The number of hydrogen-bond acceptors (Lipinski definition) is 3. The molecular formula is C12H14FN3O4. The minimum atomic E-state index is -1.47. The summed E-state index contributed by atoms with van der Waals surface area (Å²) in [5, 5.41) is 13.1. The molecule has 0 aromatic heterocycles. The molecule has 0 aliphatic carbocycles. The molecule has 0 aliphatic rings. The number of para-hydroxylation sites is 1. The Balaban J connectivity index is 2.76. The van der Waals surface area contributed by atoms with Crippen molar-refractivity contribution in [3.63, 3.8) is 0 Å². The second kappa shape index (κ2) is 6.50. The number of aryl methyl sites for hydroxylation is 1. The van der Waals surface area contributed by atoms with Crippen LogP contribution in [0, 0.1) is 12.7 Å². The Kier molecular flexibility index (Phi) is 5.01. The average Bonchev–Trinajstić information content (AvgIpc) is 2.32. The minimum Gasteiger partial charge on any atom is -0.480 e. The molecule has 3 amide bonds. The molecule has 1 rings (SSSR count). The molecular weight excluding hydrogens is 269 g/mol. The molecule has 1 atom stereocenters. The van der Waals surface area contributed by atoms with Crippen molar-refractivity contribution in [1.82, 2.24) is 5.32 Å². The first-order valence-electron chi connectivity index (χ1n) is 5.65. The number of anilines is 1. The van der Waals surface area contributed by atoms with Gasteiger partial charge >= 0.3 is 12.0 Å². The number of amides is 3. The van der Waals surface area contributed by atoms with Crippen molar-refractivity contribution in [3.05, 3.63) is 29.6 Å². The van der Waals surface area contributed by atoms with Gasteiger partial charge in [0.1, 0.15) is 11.9 Å². The Labute approximate surface area is 114 Å². The molecule has 0 heterocycles. The Morgan fingerprint density at radius 3 is 2.55 bits per heavy atom. The van der Waals surface area contributed by atoms with Crippen LogP contribution in [0.4, 0.5) is 14.9 Å². The molecule has 0 bridgehead atoms. The summed E-state index contributed by atoms with van der Waals surface area (Å²) in [7, 11) is 0. The number of nitrogens with two attached hydrogens (primary N) is 1. The van der Waals surface area contributed by atoms with Gasteiger partial charge in [-0.15, -0.1) is 0 Å². The van der Waals surface area contributed by atoms with Gasteiger partial charge in [0, 0.05) is 0 Å². The van der Waals surface area contributed by atoms with E-state index in [0.717, 1.165) is 6.07 Å². The predicted octanol–water partition coefficient (Wildman–Crippen LogP) is 0.584. The van der Waals surface area contributed by atoms with E-state index in [1.165, 1.54) is 6.07 Å². The van der Waals surface area contributed by atoms with Crippen molar-refractivity contribution in [2.24, 2.45) is 5.73 Å². The lowest BCUT2D eigenvalue weighted by Gasteiger charge is -2.15. The third-order valence-electron chi connectivity index (χ3n) is 2.47. The summed E-state index contributed by atoms with van der Waals surface area (Å²) in [6.07, 6.45) is -0.557. The molecule has 0 saturated carbocycles. The second-order valence-electron chi connectivity index (χ2n) is 4.09. The van der Waals surface area contributed by atoms with E-state index in [0.29, 0.717) is 5.56 Å². The highest BCUT2D eigenvalue weighted by molar-refractivity contribution is 5.94. The van der Waals surface area contributed by atoms with Crippen LogP contribution in [0.25, 0.3) is 0 Å². The number of nitrogens with one attached hydrogen (secondary N) is 2. The number of benzene rings is 1. The van der Waals surface area contributed by atoms with E-state index >= 15 is 0 Å². The molecule has 7 nitrogen and oxygen atoms in total. The van der Waals surface area contributed by atoms with Gasteiger partial charge in [0.15, 0.2) is 0 Å². The maximum Gasteiger partial charge on any atom is 0.326 e. The molecule has 1 aromatic carbocycles. The number of carbonyl (C=O) groups is 3. The molecule has 0 spiro atoms. The molecule has 0 radical (unpaired) electrons. The summed E-state index contributed by atoms with van der Waals surface area (Å²) in [5.41, 5.74) is 5.29. The highest BCUT2D eigenvalue weighted by Crippen LogP contribution is 2.18. The van der Waals surface area contributed by atoms with E-state index in [4.69, 9.17) is 10.8 Å². The third kappa shape index (κ3) is 4.23. The van der Waals surface area contributed by atoms with E-state index in [1.54, 1.807) is 13.0 Å². The number of halogens is 1.